The van der Waals surface area contributed by atoms with E-state index in [1.54, 1.807) is 36.5 Å². The fraction of sp³-hybridized carbons (Fsp3) is 0.250. The second-order valence-corrected chi connectivity index (χ2v) is 9.28. The van der Waals surface area contributed by atoms with Gasteiger partial charge < -0.3 is 33.7 Å². The van der Waals surface area contributed by atoms with Gasteiger partial charge in [0.05, 0.1) is 70.0 Å². The number of halogens is 2. The molecule has 0 radical (unpaired) electrons. The summed E-state index contributed by atoms with van der Waals surface area (Å²) in [5.74, 6) is -1.34. The Morgan fingerprint density at radius 2 is 1.52 bits per heavy atom. The number of ketones is 1. The first-order valence-electron chi connectivity index (χ1n) is 11.8. The van der Waals surface area contributed by atoms with Crippen molar-refractivity contribution in [1.82, 2.24) is 9.88 Å². The number of aliphatic hydroxyl groups is 1. The average Bonchev–Trinajstić information content (AvgIpc) is 3.21. The molecule has 40 heavy (non-hydrogen) atoms. The van der Waals surface area contributed by atoms with Crippen molar-refractivity contribution in [3.05, 3.63) is 75.0 Å². The summed E-state index contributed by atoms with van der Waals surface area (Å²) >= 11 is 12.8. The molecule has 210 valence electrons. The van der Waals surface area contributed by atoms with E-state index in [0.717, 1.165) is 0 Å². The Morgan fingerprint density at radius 1 is 0.900 bits per heavy atom. The second-order valence-electron chi connectivity index (χ2n) is 8.49. The summed E-state index contributed by atoms with van der Waals surface area (Å²) in [6.07, 6.45) is 1.58. The van der Waals surface area contributed by atoms with Crippen molar-refractivity contribution in [3.8, 4) is 28.7 Å². The molecule has 3 aromatic rings. The Kier molecular flexibility index (Phi) is 8.61. The van der Waals surface area contributed by atoms with E-state index in [4.69, 9.17) is 46.9 Å². The Labute approximate surface area is 240 Å². The number of rotatable bonds is 9. The van der Waals surface area contributed by atoms with Crippen molar-refractivity contribution in [2.45, 2.75) is 12.6 Å². The number of ether oxygens (including phenoxy) is 5. The average molecular weight is 589 g/mol. The molecule has 1 saturated heterocycles. The second kappa shape index (κ2) is 11.9. The first-order valence-corrected chi connectivity index (χ1v) is 12.6. The molecule has 0 saturated carbocycles. The van der Waals surface area contributed by atoms with E-state index < -0.39 is 23.5 Å². The smallest absolute Gasteiger partial charge is 0.296 e. The predicted octanol–water partition coefficient (Wildman–Crippen LogP) is 5.05. The quantitative estimate of drug-likeness (QED) is 0.208. The summed E-state index contributed by atoms with van der Waals surface area (Å²) in [5, 5.41) is 11.7. The summed E-state index contributed by atoms with van der Waals surface area (Å²) in [7, 11) is 7.05. The number of likely N-dealkylation sites (tertiary alicyclic amines) is 1. The summed E-state index contributed by atoms with van der Waals surface area (Å²) in [6, 6.07) is 8.66. The van der Waals surface area contributed by atoms with E-state index in [2.05, 4.69) is 4.98 Å². The molecule has 0 aliphatic carbocycles. The van der Waals surface area contributed by atoms with Crippen molar-refractivity contribution in [2.24, 2.45) is 0 Å². The van der Waals surface area contributed by atoms with E-state index in [-0.39, 0.29) is 50.7 Å². The standard InChI is InChI=1S/C28H26Cl2N2O8/c1-36-18-10-14(11-19(37-2)27(18)40-5)22-20(24(34)28(35)32(22)13-15-8-6-7-9-31-15)23(33)16-12-17(29)26(39-4)21(30)25(16)38-3/h6-12,22,33H,13H2,1-5H3/b23-20+. The van der Waals surface area contributed by atoms with Crippen molar-refractivity contribution in [3.63, 3.8) is 0 Å². The number of carbonyl (C=O) groups is 2. The summed E-state index contributed by atoms with van der Waals surface area (Å²) in [6.45, 7) is -0.0369. The maximum atomic E-state index is 13.6. The number of pyridine rings is 1. The fourth-order valence-electron chi connectivity index (χ4n) is 4.61. The number of nitrogens with zero attached hydrogens (tertiary/aromatic N) is 2. The van der Waals surface area contributed by atoms with Gasteiger partial charge in [0.1, 0.15) is 10.8 Å². The van der Waals surface area contributed by atoms with Gasteiger partial charge >= 0.3 is 0 Å². The van der Waals surface area contributed by atoms with Gasteiger partial charge in [-0.25, -0.2) is 0 Å². The molecule has 2 aromatic carbocycles. The molecule has 1 aliphatic heterocycles. The first-order chi connectivity index (χ1) is 19.2. The molecular formula is C28H26Cl2N2O8. The molecule has 2 heterocycles. The minimum atomic E-state index is -1.10. The van der Waals surface area contributed by atoms with Crippen LogP contribution in [0, 0.1) is 0 Å². The van der Waals surface area contributed by atoms with Gasteiger partial charge in [0.15, 0.2) is 23.0 Å². The number of carbonyl (C=O) groups excluding carboxylic acids is 2. The zero-order chi connectivity index (χ0) is 29.1. The lowest BCUT2D eigenvalue weighted by Crippen LogP contribution is -2.29. The van der Waals surface area contributed by atoms with Crippen LogP contribution >= 0.6 is 23.2 Å². The zero-order valence-electron chi connectivity index (χ0n) is 22.3. The Morgan fingerprint density at radius 3 is 2.05 bits per heavy atom. The van der Waals surface area contributed by atoms with Gasteiger partial charge in [-0.3, -0.25) is 14.6 Å². The van der Waals surface area contributed by atoms with Crippen LogP contribution in [0.15, 0.2) is 48.2 Å². The van der Waals surface area contributed by atoms with Gasteiger partial charge in [0.2, 0.25) is 5.75 Å². The molecule has 1 atom stereocenters. The van der Waals surface area contributed by atoms with Crippen LogP contribution in [0.5, 0.6) is 28.7 Å². The molecule has 1 unspecified atom stereocenters. The van der Waals surface area contributed by atoms with E-state index >= 15 is 0 Å². The van der Waals surface area contributed by atoms with Crippen molar-refractivity contribution < 1.29 is 38.4 Å². The topological polar surface area (TPSA) is 117 Å². The zero-order valence-corrected chi connectivity index (χ0v) is 23.8. The lowest BCUT2D eigenvalue weighted by molar-refractivity contribution is -0.140. The van der Waals surface area contributed by atoms with E-state index in [0.29, 0.717) is 17.0 Å². The van der Waals surface area contributed by atoms with E-state index in [9.17, 15) is 14.7 Å². The molecule has 0 spiro atoms. The van der Waals surface area contributed by atoms with Gasteiger partial charge in [-0.1, -0.05) is 29.3 Å². The van der Waals surface area contributed by atoms with Gasteiger partial charge in [-0.2, -0.15) is 0 Å². The van der Waals surface area contributed by atoms with Crippen LogP contribution in [0.2, 0.25) is 10.0 Å². The third kappa shape index (κ3) is 4.96. The third-order valence-electron chi connectivity index (χ3n) is 6.40. The van der Waals surface area contributed by atoms with Crippen LogP contribution in [0.25, 0.3) is 5.76 Å². The minimum Gasteiger partial charge on any atom is -0.507 e. The molecule has 1 fully saturated rings. The summed E-state index contributed by atoms with van der Waals surface area (Å²) < 4.78 is 27.1. The van der Waals surface area contributed by atoms with Crippen LogP contribution in [0.3, 0.4) is 0 Å². The highest BCUT2D eigenvalue weighted by Gasteiger charge is 2.47. The molecule has 1 aliphatic rings. The number of aliphatic hydroxyl groups excluding tert-OH is 1. The van der Waals surface area contributed by atoms with E-state index in [1.807, 2.05) is 0 Å². The Bertz CT molecular complexity index is 1470. The number of benzene rings is 2. The first kappa shape index (κ1) is 28.8. The lowest BCUT2D eigenvalue weighted by atomic mass is 9.94. The monoisotopic (exact) mass is 588 g/mol. The highest BCUT2D eigenvalue weighted by Crippen LogP contribution is 2.49. The fourth-order valence-corrected chi connectivity index (χ4v) is 5.29. The Balaban J connectivity index is 2.02. The molecule has 10 nitrogen and oxygen atoms in total. The van der Waals surface area contributed by atoms with Crippen LogP contribution < -0.4 is 23.7 Å². The number of aromatic nitrogens is 1. The van der Waals surface area contributed by atoms with Gasteiger partial charge in [0, 0.05) is 6.20 Å². The highest BCUT2D eigenvalue weighted by molar-refractivity contribution is 6.47. The van der Waals surface area contributed by atoms with Crippen molar-refractivity contribution in [1.29, 1.82) is 0 Å². The maximum Gasteiger partial charge on any atom is 0.296 e. The van der Waals surface area contributed by atoms with Crippen molar-refractivity contribution in [2.75, 3.05) is 35.5 Å². The Hall–Kier alpha value is -4.15. The van der Waals surface area contributed by atoms with E-state index in [1.165, 1.54) is 46.5 Å². The molecule has 1 aromatic heterocycles. The molecule has 4 rings (SSSR count). The van der Waals surface area contributed by atoms with Crippen LogP contribution in [-0.4, -0.2) is 62.2 Å². The molecule has 1 amide bonds. The highest BCUT2D eigenvalue weighted by atomic mass is 35.5. The third-order valence-corrected chi connectivity index (χ3v) is 7.02. The normalized spacial score (nSPS) is 16.2. The van der Waals surface area contributed by atoms with Gasteiger partial charge in [-0.05, 0) is 35.9 Å². The minimum absolute atomic E-state index is 0.0000151. The SMILES string of the molecule is COc1cc(C2/C(=C(\O)c3cc(Cl)c(OC)c(Cl)c3OC)C(=O)C(=O)N2Cc2ccccn2)cc(OC)c1OC. The number of Topliss-reactive ketones (excluding diaryl/α,β-unsaturated/α-hetero) is 1. The molecule has 0 bridgehead atoms. The predicted molar refractivity (Wildman–Crippen MR) is 148 cm³/mol. The number of hydrogen-bond donors (Lipinski definition) is 1. The lowest BCUT2D eigenvalue weighted by Gasteiger charge is -2.26. The summed E-state index contributed by atoms with van der Waals surface area (Å²) in [5.41, 5.74) is 0.684. The van der Waals surface area contributed by atoms with Crippen LogP contribution in [-0.2, 0) is 16.1 Å². The largest absolute Gasteiger partial charge is 0.507 e. The van der Waals surface area contributed by atoms with Crippen molar-refractivity contribution >= 4 is 40.7 Å². The molecular weight excluding hydrogens is 563 g/mol. The van der Waals surface area contributed by atoms with Gasteiger partial charge in [0.25, 0.3) is 11.7 Å². The number of methoxy groups -OCH3 is 5. The molecule has 12 heteroatoms. The molecule has 1 N–H and O–H groups in total. The summed E-state index contributed by atoms with van der Waals surface area (Å²) in [4.78, 5) is 32.7. The number of hydrogen-bond acceptors (Lipinski definition) is 9. The maximum absolute atomic E-state index is 13.6. The van der Waals surface area contributed by atoms with Crippen LogP contribution in [0.1, 0.15) is 22.9 Å². The van der Waals surface area contributed by atoms with Gasteiger partial charge in [-0.15, -0.1) is 0 Å². The number of amides is 1. The van der Waals surface area contributed by atoms with Crippen LogP contribution in [0.4, 0.5) is 0 Å².